The van der Waals surface area contributed by atoms with Gasteiger partial charge in [0.2, 0.25) is 5.72 Å². The number of nitrogens with one attached hydrogen (secondary N) is 2. The van der Waals surface area contributed by atoms with Gasteiger partial charge in [0, 0.05) is 0 Å². The van der Waals surface area contributed by atoms with E-state index in [1.54, 1.807) is 24.3 Å². The van der Waals surface area contributed by atoms with Crippen molar-refractivity contribution in [1.82, 2.24) is 10.6 Å². The van der Waals surface area contributed by atoms with Crippen LogP contribution >= 0.6 is 0 Å². The number of aliphatic hydroxyl groups excluding tert-OH is 1. The second-order valence-electron chi connectivity index (χ2n) is 3.90. The van der Waals surface area contributed by atoms with Crippen molar-refractivity contribution in [3.8, 4) is 0 Å². The summed E-state index contributed by atoms with van der Waals surface area (Å²) in [5, 5.41) is 22.8. The zero-order valence-corrected chi connectivity index (χ0v) is 9.38. The van der Waals surface area contributed by atoms with Gasteiger partial charge in [-0.25, -0.2) is 0 Å². The highest BCUT2D eigenvalue weighted by Crippen LogP contribution is 2.12. The maximum absolute atomic E-state index is 11.7. The lowest BCUT2D eigenvalue weighted by atomic mass is 10.1. The smallest absolute Gasteiger partial charge is 0.280 e. The topological polar surface area (TPSA) is 98.7 Å². The van der Waals surface area contributed by atoms with Crippen LogP contribution in [0.1, 0.15) is 5.56 Å². The molecular formula is C12H12N2O4. The Bertz CT molecular complexity index is 512. The zero-order chi connectivity index (χ0) is 13.2. The summed E-state index contributed by atoms with van der Waals surface area (Å²) in [5.41, 5.74) is -1.51. The Morgan fingerprint density at radius 1 is 1.22 bits per heavy atom. The van der Waals surface area contributed by atoms with Gasteiger partial charge < -0.3 is 20.8 Å². The predicted molar refractivity (Wildman–Crippen MR) is 62.7 cm³/mol. The second-order valence-corrected chi connectivity index (χ2v) is 3.90. The van der Waals surface area contributed by atoms with Crippen molar-refractivity contribution in [1.29, 1.82) is 0 Å². The molecule has 1 fully saturated rings. The van der Waals surface area contributed by atoms with Crippen LogP contribution in [0.4, 0.5) is 0 Å². The Kier molecular flexibility index (Phi) is 3.14. The number of carbonyl (C=O) groups is 2. The third kappa shape index (κ3) is 2.24. The van der Waals surface area contributed by atoms with Gasteiger partial charge in [0.15, 0.2) is 0 Å². The molecule has 0 unspecified atom stereocenters. The average molecular weight is 248 g/mol. The number of amides is 2. The highest BCUT2D eigenvalue weighted by atomic mass is 16.4. The van der Waals surface area contributed by atoms with Gasteiger partial charge in [-0.05, 0) is 11.6 Å². The van der Waals surface area contributed by atoms with Crippen molar-refractivity contribution in [2.45, 2.75) is 5.72 Å². The highest BCUT2D eigenvalue weighted by Gasteiger charge is 2.42. The summed E-state index contributed by atoms with van der Waals surface area (Å²) < 4.78 is 0. The fourth-order valence-corrected chi connectivity index (χ4v) is 1.52. The lowest BCUT2D eigenvalue weighted by Crippen LogP contribution is -2.66. The molecule has 0 bridgehead atoms. The molecule has 0 saturated carbocycles. The lowest BCUT2D eigenvalue weighted by Gasteiger charge is -2.31. The molecule has 6 heteroatoms. The van der Waals surface area contributed by atoms with Crippen LogP contribution in [0, 0.1) is 0 Å². The van der Waals surface area contributed by atoms with Crippen LogP contribution in [-0.4, -0.2) is 34.4 Å². The standard InChI is InChI=1S/C12H12N2O4/c15-7-12(18)11(17)13-9(10(16)14-12)6-8-4-2-1-3-5-8/h1-6,15,18H,7H2,(H,13,17)(H,14,16)/t12-/m0/s1. The predicted octanol–water partition coefficient (Wildman–Crippen LogP) is -1.05. The minimum absolute atomic E-state index is 0.0179. The van der Waals surface area contributed by atoms with Gasteiger partial charge in [-0.3, -0.25) is 9.59 Å². The molecule has 2 amide bonds. The van der Waals surface area contributed by atoms with E-state index in [2.05, 4.69) is 5.32 Å². The molecule has 1 aliphatic rings. The number of carbonyl (C=O) groups excluding carboxylic acids is 2. The minimum atomic E-state index is -2.26. The number of hydrogen-bond donors (Lipinski definition) is 4. The summed E-state index contributed by atoms with van der Waals surface area (Å²) in [6.07, 6.45) is 1.48. The van der Waals surface area contributed by atoms with Crippen molar-refractivity contribution >= 4 is 17.9 Å². The van der Waals surface area contributed by atoms with E-state index in [-0.39, 0.29) is 5.70 Å². The van der Waals surface area contributed by atoms with E-state index in [4.69, 9.17) is 5.11 Å². The molecule has 0 aromatic heterocycles. The number of hydrogen-bond acceptors (Lipinski definition) is 4. The molecule has 1 heterocycles. The molecule has 4 N–H and O–H groups in total. The first-order chi connectivity index (χ1) is 8.55. The average Bonchev–Trinajstić information content (AvgIpc) is 2.37. The first kappa shape index (κ1) is 12.3. The lowest BCUT2D eigenvalue weighted by molar-refractivity contribution is -0.156. The van der Waals surface area contributed by atoms with Crippen molar-refractivity contribution in [2.24, 2.45) is 0 Å². The molecule has 1 saturated heterocycles. The van der Waals surface area contributed by atoms with E-state index in [0.717, 1.165) is 5.56 Å². The Morgan fingerprint density at radius 2 is 1.89 bits per heavy atom. The van der Waals surface area contributed by atoms with Crippen molar-refractivity contribution in [3.05, 3.63) is 41.6 Å². The van der Waals surface area contributed by atoms with E-state index in [9.17, 15) is 14.7 Å². The molecule has 2 rings (SSSR count). The first-order valence-electron chi connectivity index (χ1n) is 5.29. The van der Waals surface area contributed by atoms with E-state index < -0.39 is 24.1 Å². The molecule has 0 spiro atoms. The van der Waals surface area contributed by atoms with E-state index >= 15 is 0 Å². The van der Waals surface area contributed by atoms with Crippen LogP contribution in [0.25, 0.3) is 6.08 Å². The van der Waals surface area contributed by atoms with Gasteiger partial charge in [-0.2, -0.15) is 0 Å². The van der Waals surface area contributed by atoms with Gasteiger partial charge in [-0.1, -0.05) is 30.3 Å². The molecule has 1 aliphatic heterocycles. The van der Waals surface area contributed by atoms with Crippen LogP contribution in [0.15, 0.2) is 36.0 Å². The van der Waals surface area contributed by atoms with Gasteiger partial charge in [-0.15, -0.1) is 0 Å². The van der Waals surface area contributed by atoms with Crippen LogP contribution in [0.3, 0.4) is 0 Å². The first-order valence-corrected chi connectivity index (χ1v) is 5.29. The Balaban J connectivity index is 2.26. The van der Waals surface area contributed by atoms with E-state index in [1.165, 1.54) is 6.08 Å². The summed E-state index contributed by atoms with van der Waals surface area (Å²) >= 11 is 0. The van der Waals surface area contributed by atoms with Crippen molar-refractivity contribution in [3.63, 3.8) is 0 Å². The quantitative estimate of drug-likeness (QED) is 0.502. The Hall–Kier alpha value is -2.18. The molecule has 1 atom stereocenters. The zero-order valence-electron chi connectivity index (χ0n) is 9.38. The van der Waals surface area contributed by atoms with Gasteiger partial charge in [0.25, 0.3) is 11.8 Å². The fraction of sp³-hybridized carbons (Fsp3) is 0.167. The summed E-state index contributed by atoms with van der Waals surface area (Å²) in [5.74, 6) is -1.53. The number of rotatable bonds is 2. The van der Waals surface area contributed by atoms with Crippen molar-refractivity contribution in [2.75, 3.05) is 6.61 Å². The van der Waals surface area contributed by atoms with E-state index in [0.29, 0.717) is 0 Å². The molecule has 1 aromatic carbocycles. The van der Waals surface area contributed by atoms with Crippen LogP contribution in [0.5, 0.6) is 0 Å². The van der Waals surface area contributed by atoms with Crippen LogP contribution < -0.4 is 10.6 Å². The third-order valence-electron chi connectivity index (χ3n) is 2.53. The van der Waals surface area contributed by atoms with E-state index in [1.807, 2.05) is 11.4 Å². The maximum atomic E-state index is 11.7. The monoisotopic (exact) mass is 248 g/mol. The number of piperazine rings is 1. The maximum Gasteiger partial charge on any atom is 0.280 e. The molecule has 0 radical (unpaired) electrons. The second kappa shape index (κ2) is 4.59. The van der Waals surface area contributed by atoms with Crippen LogP contribution in [-0.2, 0) is 9.59 Å². The largest absolute Gasteiger partial charge is 0.391 e. The fourth-order valence-electron chi connectivity index (χ4n) is 1.52. The molecule has 0 aliphatic carbocycles. The van der Waals surface area contributed by atoms with Crippen LogP contribution in [0.2, 0.25) is 0 Å². The summed E-state index contributed by atoms with van der Waals surface area (Å²) in [4.78, 5) is 23.2. The van der Waals surface area contributed by atoms with Gasteiger partial charge in [0.1, 0.15) is 12.3 Å². The molecule has 1 aromatic rings. The Labute approximate surface area is 103 Å². The normalized spacial score (nSPS) is 25.8. The summed E-state index contributed by atoms with van der Waals surface area (Å²) in [6, 6.07) is 8.93. The van der Waals surface area contributed by atoms with Gasteiger partial charge >= 0.3 is 0 Å². The van der Waals surface area contributed by atoms with Gasteiger partial charge in [0.05, 0.1) is 0 Å². The molecule has 6 nitrogen and oxygen atoms in total. The highest BCUT2D eigenvalue weighted by molar-refractivity contribution is 6.08. The third-order valence-corrected chi connectivity index (χ3v) is 2.53. The molecule has 18 heavy (non-hydrogen) atoms. The van der Waals surface area contributed by atoms with Crippen molar-refractivity contribution < 1.29 is 19.8 Å². The summed E-state index contributed by atoms with van der Waals surface area (Å²) in [6.45, 7) is -0.886. The Morgan fingerprint density at radius 3 is 2.50 bits per heavy atom. The minimum Gasteiger partial charge on any atom is -0.391 e. The SMILES string of the molecule is O=C1N[C@](O)(CO)C(=O)NC1=Cc1ccccc1. The molecular weight excluding hydrogens is 236 g/mol. The summed E-state index contributed by atoms with van der Waals surface area (Å²) in [7, 11) is 0. The number of benzene rings is 1. The molecule has 94 valence electrons. The number of aliphatic hydroxyl groups is 2.